The molecule has 1 heterocycles. The van der Waals surface area contributed by atoms with Crippen LogP contribution in [0.15, 0.2) is 94.1 Å². The zero-order chi connectivity index (χ0) is 33.5. The third-order valence-electron chi connectivity index (χ3n) is 6.80. The maximum atomic E-state index is 13.5. The third-order valence-corrected chi connectivity index (χ3v) is 7.60. The number of ether oxygens (including phenoxy) is 3. The molecule has 0 radical (unpaired) electrons. The summed E-state index contributed by atoms with van der Waals surface area (Å²) in [6, 6.07) is 21.1. The Morgan fingerprint density at radius 1 is 0.915 bits per heavy atom. The number of benzene rings is 4. The second kappa shape index (κ2) is 15.2. The van der Waals surface area contributed by atoms with Gasteiger partial charge < -0.3 is 19.5 Å². The van der Waals surface area contributed by atoms with Crippen LogP contribution in [-0.4, -0.2) is 44.1 Å². The number of halogens is 3. The Balaban J connectivity index is 1.28. The standard InChI is InChI=1S/C33H29Cl3N6O5/c1-19-7-12-28(20(2)13-19)38-29(43)17-46-24-5-4-6-25(16-24)47-18-37-32-30(40-39-22-8-10-23(45-3)11-9-22)33(44)42(41-32)31-26(35)14-21(34)15-27(31)36/h4-16,30H,17-18H2,1-3H3,(H,37,41)(H,38,43). The number of amidine groups is 1. The van der Waals surface area contributed by atoms with Crippen LogP contribution in [-0.2, 0) is 9.59 Å². The lowest BCUT2D eigenvalue weighted by Crippen LogP contribution is -2.36. The lowest BCUT2D eigenvalue weighted by Gasteiger charge is -2.19. The summed E-state index contributed by atoms with van der Waals surface area (Å²) >= 11 is 18.9. The molecule has 0 aromatic heterocycles. The first-order valence-electron chi connectivity index (χ1n) is 14.2. The molecule has 0 saturated carbocycles. The molecule has 5 rings (SSSR count). The highest BCUT2D eigenvalue weighted by molar-refractivity contribution is 6.43. The minimum Gasteiger partial charge on any atom is -0.497 e. The van der Waals surface area contributed by atoms with Crippen molar-refractivity contribution in [3.05, 3.63) is 105 Å². The fourth-order valence-electron chi connectivity index (χ4n) is 4.50. The number of carbonyl (C=O) groups is 2. The van der Waals surface area contributed by atoms with Gasteiger partial charge in [-0.05, 0) is 74.0 Å². The summed E-state index contributed by atoms with van der Waals surface area (Å²) < 4.78 is 16.7. The summed E-state index contributed by atoms with van der Waals surface area (Å²) in [5, 5.41) is 13.1. The molecule has 14 heteroatoms. The van der Waals surface area contributed by atoms with Crippen molar-refractivity contribution in [2.75, 3.05) is 30.8 Å². The monoisotopic (exact) mass is 694 g/mol. The number of nitrogens with one attached hydrogen (secondary N) is 2. The predicted octanol–water partition coefficient (Wildman–Crippen LogP) is 7.73. The number of anilines is 2. The number of hydrazine groups is 1. The first-order chi connectivity index (χ1) is 22.6. The van der Waals surface area contributed by atoms with Crippen molar-refractivity contribution >= 4 is 69.5 Å². The number of azo groups is 1. The Hall–Kier alpha value is -4.84. The maximum Gasteiger partial charge on any atom is 0.280 e. The molecule has 0 aliphatic carbocycles. The number of hydrogen-bond acceptors (Lipinski definition) is 8. The van der Waals surface area contributed by atoms with E-state index in [4.69, 9.17) is 49.0 Å². The van der Waals surface area contributed by atoms with E-state index < -0.39 is 11.9 Å². The summed E-state index contributed by atoms with van der Waals surface area (Å²) in [7, 11) is 1.56. The second-order valence-electron chi connectivity index (χ2n) is 10.3. The first-order valence-corrected chi connectivity index (χ1v) is 15.3. The summed E-state index contributed by atoms with van der Waals surface area (Å²) in [5.74, 6) is 0.807. The number of hydrogen-bond donors (Lipinski definition) is 2. The van der Waals surface area contributed by atoms with E-state index in [1.807, 2.05) is 32.0 Å². The SMILES string of the molecule is COc1ccc(N=NC2C(=O)N(c3c(Cl)cc(Cl)cc3Cl)N/C2=N/COc2cccc(OCC(=O)Nc3ccc(C)cc3C)c2)cc1. The highest BCUT2D eigenvalue weighted by Crippen LogP contribution is 2.37. The lowest BCUT2D eigenvalue weighted by molar-refractivity contribution is -0.118. The van der Waals surface area contributed by atoms with Gasteiger partial charge in [0.15, 0.2) is 19.2 Å². The molecule has 1 fully saturated rings. The minimum absolute atomic E-state index is 0.143. The molecule has 4 aromatic carbocycles. The molecule has 0 spiro atoms. The number of nitrogens with zero attached hydrogens (tertiary/aromatic N) is 4. The number of carbonyl (C=O) groups excluding carboxylic acids is 2. The van der Waals surface area contributed by atoms with Crippen LogP contribution >= 0.6 is 34.8 Å². The Kier molecular flexibility index (Phi) is 10.8. The molecule has 1 aliphatic heterocycles. The van der Waals surface area contributed by atoms with Crippen molar-refractivity contribution in [3.8, 4) is 17.2 Å². The highest BCUT2D eigenvalue weighted by Gasteiger charge is 2.40. The maximum absolute atomic E-state index is 13.5. The van der Waals surface area contributed by atoms with Gasteiger partial charge in [0, 0.05) is 16.8 Å². The molecule has 1 aliphatic rings. The lowest BCUT2D eigenvalue weighted by atomic mass is 10.1. The van der Waals surface area contributed by atoms with Crippen LogP contribution in [0.25, 0.3) is 0 Å². The molecule has 1 atom stereocenters. The normalized spacial score (nSPS) is 15.2. The predicted molar refractivity (Wildman–Crippen MR) is 183 cm³/mol. The summed E-state index contributed by atoms with van der Waals surface area (Å²) in [4.78, 5) is 30.5. The van der Waals surface area contributed by atoms with E-state index in [9.17, 15) is 9.59 Å². The topological polar surface area (TPSA) is 126 Å². The fraction of sp³-hybridized carbons (Fsp3) is 0.182. The smallest absolute Gasteiger partial charge is 0.280 e. The largest absolute Gasteiger partial charge is 0.497 e. The van der Waals surface area contributed by atoms with Crippen LogP contribution in [0.2, 0.25) is 15.1 Å². The van der Waals surface area contributed by atoms with Gasteiger partial charge >= 0.3 is 0 Å². The molecule has 4 aromatic rings. The van der Waals surface area contributed by atoms with E-state index in [2.05, 4.69) is 26.0 Å². The van der Waals surface area contributed by atoms with Crippen LogP contribution in [0.3, 0.4) is 0 Å². The van der Waals surface area contributed by atoms with Crippen molar-refractivity contribution in [3.63, 3.8) is 0 Å². The Labute approximate surface area is 286 Å². The Morgan fingerprint density at radius 2 is 1.62 bits per heavy atom. The van der Waals surface area contributed by atoms with Crippen molar-refractivity contribution < 1.29 is 23.8 Å². The van der Waals surface area contributed by atoms with Gasteiger partial charge in [0.1, 0.15) is 22.9 Å². The molecule has 0 bridgehead atoms. The zero-order valence-corrected chi connectivity index (χ0v) is 27.7. The van der Waals surface area contributed by atoms with Crippen LogP contribution < -0.4 is 30.0 Å². The molecular weight excluding hydrogens is 667 g/mol. The van der Waals surface area contributed by atoms with Gasteiger partial charge in [0.05, 0.1) is 22.8 Å². The van der Waals surface area contributed by atoms with Gasteiger partial charge in [0.25, 0.3) is 11.8 Å². The Bertz CT molecular complexity index is 1830. The quantitative estimate of drug-likeness (QED) is 0.155. The molecule has 2 amide bonds. The summed E-state index contributed by atoms with van der Waals surface area (Å²) in [6.45, 7) is 3.52. The van der Waals surface area contributed by atoms with Gasteiger partial charge in [0.2, 0.25) is 6.04 Å². The molecule has 2 N–H and O–H groups in total. The summed E-state index contributed by atoms with van der Waals surface area (Å²) in [6.07, 6.45) is 0. The van der Waals surface area contributed by atoms with Crippen LogP contribution in [0.4, 0.5) is 17.1 Å². The molecule has 1 saturated heterocycles. The highest BCUT2D eigenvalue weighted by atomic mass is 35.5. The van der Waals surface area contributed by atoms with Crippen LogP contribution in [0, 0.1) is 13.8 Å². The zero-order valence-electron chi connectivity index (χ0n) is 25.5. The van der Waals surface area contributed by atoms with Gasteiger partial charge in [-0.1, -0.05) is 58.6 Å². The van der Waals surface area contributed by atoms with Crippen LogP contribution in [0.1, 0.15) is 11.1 Å². The van der Waals surface area contributed by atoms with Gasteiger partial charge in [-0.3, -0.25) is 15.0 Å². The van der Waals surface area contributed by atoms with E-state index in [-0.39, 0.29) is 40.8 Å². The number of aliphatic imine (C=N–C) groups is 1. The molecule has 47 heavy (non-hydrogen) atoms. The first kappa shape index (κ1) is 33.5. The Morgan fingerprint density at radius 3 is 2.30 bits per heavy atom. The van der Waals surface area contributed by atoms with Gasteiger partial charge in [-0.15, -0.1) is 0 Å². The molecule has 1 unspecified atom stereocenters. The van der Waals surface area contributed by atoms with E-state index in [0.717, 1.165) is 21.8 Å². The van der Waals surface area contributed by atoms with Crippen molar-refractivity contribution in [1.82, 2.24) is 5.43 Å². The number of aryl methyl sites for hydroxylation is 2. The number of amides is 2. The van der Waals surface area contributed by atoms with E-state index in [0.29, 0.717) is 28.0 Å². The number of rotatable bonds is 11. The van der Waals surface area contributed by atoms with E-state index >= 15 is 0 Å². The van der Waals surface area contributed by atoms with Crippen molar-refractivity contribution in [1.29, 1.82) is 0 Å². The average molecular weight is 696 g/mol. The van der Waals surface area contributed by atoms with Crippen molar-refractivity contribution in [2.45, 2.75) is 19.9 Å². The van der Waals surface area contributed by atoms with Crippen LogP contribution in [0.5, 0.6) is 17.2 Å². The van der Waals surface area contributed by atoms with E-state index in [1.165, 1.54) is 12.1 Å². The number of methoxy groups -OCH3 is 1. The second-order valence-corrected chi connectivity index (χ2v) is 11.5. The van der Waals surface area contributed by atoms with Gasteiger partial charge in [-0.25, -0.2) is 10.0 Å². The van der Waals surface area contributed by atoms with Gasteiger partial charge in [-0.2, -0.15) is 10.2 Å². The third kappa shape index (κ3) is 8.50. The average Bonchev–Trinajstić information content (AvgIpc) is 3.34. The molecule has 242 valence electrons. The summed E-state index contributed by atoms with van der Waals surface area (Å²) in [5.41, 5.74) is 6.39. The molecule has 11 nitrogen and oxygen atoms in total. The van der Waals surface area contributed by atoms with E-state index in [1.54, 1.807) is 55.6 Å². The molecular formula is C33H29Cl3N6O5. The minimum atomic E-state index is -1.16. The van der Waals surface area contributed by atoms with Crippen molar-refractivity contribution in [2.24, 2.45) is 15.2 Å². The fourth-order valence-corrected chi connectivity index (χ4v) is 5.49.